The summed E-state index contributed by atoms with van der Waals surface area (Å²) in [6.45, 7) is 9.00. The molecular weight excluding hydrogens is 160 g/mol. The van der Waals surface area contributed by atoms with Crippen molar-refractivity contribution in [2.45, 2.75) is 32.4 Å². The van der Waals surface area contributed by atoms with Gasteiger partial charge in [0.1, 0.15) is 0 Å². The van der Waals surface area contributed by atoms with Crippen LogP contribution in [0.4, 0.5) is 0 Å². The maximum absolute atomic E-state index is 4.23. The molecule has 0 radical (unpaired) electrons. The third kappa shape index (κ3) is 6.81. The zero-order valence-electron chi connectivity index (χ0n) is 7.35. The van der Waals surface area contributed by atoms with Gasteiger partial charge in [0.25, 0.3) is 0 Å². The van der Waals surface area contributed by atoms with Crippen molar-refractivity contribution in [1.82, 2.24) is 0 Å². The van der Waals surface area contributed by atoms with Crippen LogP contribution >= 0.6 is 24.4 Å². The number of thiol groups is 1. The molecule has 0 saturated heterocycles. The van der Waals surface area contributed by atoms with E-state index in [0.717, 1.165) is 11.7 Å². The molecule has 0 bridgehead atoms. The van der Waals surface area contributed by atoms with E-state index in [1.54, 1.807) is 0 Å². The summed E-state index contributed by atoms with van der Waals surface area (Å²) in [4.78, 5) is 0. The highest BCUT2D eigenvalue weighted by Crippen LogP contribution is 2.25. The lowest BCUT2D eigenvalue weighted by atomic mass is 10.2. The number of thioether (sulfide) groups is 1. The molecule has 0 aromatic rings. The Morgan fingerprint density at radius 2 is 1.90 bits per heavy atom. The molecule has 0 rings (SSSR count). The maximum atomic E-state index is 4.23. The van der Waals surface area contributed by atoms with Crippen LogP contribution in [0.1, 0.15) is 27.7 Å². The Hall–Kier alpha value is 0.700. The largest absolute Gasteiger partial charge is 0.179 e. The SMILES string of the molecule is CC(CS)CSC(C)(C)C. The fraction of sp³-hybridized carbons (Fsp3) is 1.00. The van der Waals surface area contributed by atoms with Crippen LogP contribution < -0.4 is 0 Å². The van der Waals surface area contributed by atoms with Crippen LogP contribution in [0.15, 0.2) is 0 Å². The summed E-state index contributed by atoms with van der Waals surface area (Å²) in [6, 6.07) is 0. The van der Waals surface area contributed by atoms with E-state index in [2.05, 4.69) is 40.3 Å². The molecule has 0 aromatic carbocycles. The summed E-state index contributed by atoms with van der Waals surface area (Å²) in [5.41, 5.74) is 0. The van der Waals surface area contributed by atoms with E-state index >= 15 is 0 Å². The summed E-state index contributed by atoms with van der Waals surface area (Å²) in [5, 5.41) is 0. The normalized spacial score (nSPS) is 15.3. The topological polar surface area (TPSA) is 0 Å². The maximum Gasteiger partial charge on any atom is 0.00752 e. The molecule has 0 amide bonds. The predicted octanol–water partition coefficient (Wildman–Crippen LogP) is 3.08. The number of rotatable bonds is 3. The Bertz CT molecular complexity index is 83.7. The molecule has 1 unspecified atom stereocenters. The first-order valence-electron chi connectivity index (χ1n) is 3.70. The second-order valence-electron chi connectivity index (χ2n) is 3.71. The first-order valence-corrected chi connectivity index (χ1v) is 5.32. The molecule has 1 atom stereocenters. The molecule has 0 N–H and O–H groups in total. The highest BCUT2D eigenvalue weighted by Gasteiger charge is 2.11. The summed E-state index contributed by atoms with van der Waals surface area (Å²) < 4.78 is 0.414. The van der Waals surface area contributed by atoms with Gasteiger partial charge in [0.05, 0.1) is 0 Å². The third-order valence-corrected chi connectivity index (χ3v) is 3.34. The lowest BCUT2D eigenvalue weighted by molar-refractivity contribution is 0.744. The van der Waals surface area contributed by atoms with Crippen molar-refractivity contribution < 1.29 is 0 Å². The Morgan fingerprint density at radius 3 is 2.20 bits per heavy atom. The van der Waals surface area contributed by atoms with Gasteiger partial charge in [-0.25, -0.2) is 0 Å². The van der Waals surface area contributed by atoms with Crippen LogP contribution in [-0.4, -0.2) is 16.3 Å². The van der Waals surface area contributed by atoms with Crippen molar-refractivity contribution in [3.05, 3.63) is 0 Å². The third-order valence-electron chi connectivity index (χ3n) is 1.11. The number of hydrogen-bond acceptors (Lipinski definition) is 2. The van der Waals surface area contributed by atoms with Crippen molar-refractivity contribution in [2.75, 3.05) is 11.5 Å². The smallest absolute Gasteiger partial charge is 0.00752 e. The van der Waals surface area contributed by atoms with Crippen molar-refractivity contribution >= 4 is 24.4 Å². The van der Waals surface area contributed by atoms with Gasteiger partial charge in [-0.3, -0.25) is 0 Å². The van der Waals surface area contributed by atoms with Crippen molar-refractivity contribution in [3.8, 4) is 0 Å². The van der Waals surface area contributed by atoms with E-state index in [4.69, 9.17) is 0 Å². The fourth-order valence-electron chi connectivity index (χ4n) is 0.445. The standard InChI is InChI=1S/C8H18S2/c1-7(5-9)6-10-8(2,3)4/h7,9H,5-6H2,1-4H3. The second kappa shape index (κ2) is 4.55. The molecule has 0 spiro atoms. The Labute approximate surface area is 74.6 Å². The van der Waals surface area contributed by atoms with E-state index < -0.39 is 0 Å². The van der Waals surface area contributed by atoms with Gasteiger partial charge in [-0.05, 0) is 17.4 Å². The molecule has 0 aromatic heterocycles. The molecule has 0 heterocycles. The van der Waals surface area contributed by atoms with E-state index in [1.807, 2.05) is 11.8 Å². The average Bonchev–Trinajstić information content (AvgIpc) is 1.81. The van der Waals surface area contributed by atoms with Crippen LogP contribution in [0.5, 0.6) is 0 Å². The first-order chi connectivity index (χ1) is 4.45. The van der Waals surface area contributed by atoms with Gasteiger partial charge in [-0.2, -0.15) is 24.4 Å². The van der Waals surface area contributed by atoms with E-state index in [1.165, 1.54) is 5.75 Å². The van der Waals surface area contributed by atoms with Gasteiger partial charge in [0.15, 0.2) is 0 Å². The van der Waals surface area contributed by atoms with Crippen LogP contribution in [0.25, 0.3) is 0 Å². The van der Waals surface area contributed by atoms with E-state index in [-0.39, 0.29) is 0 Å². The Balaban J connectivity index is 3.36. The van der Waals surface area contributed by atoms with E-state index in [9.17, 15) is 0 Å². The van der Waals surface area contributed by atoms with Gasteiger partial charge >= 0.3 is 0 Å². The van der Waals surface area contributed by atoms with Crippen molar-refractivity contribution in [3.63, 3.8) is 0 Å². The van der Waals surface area contributed by atoms with Crippen LogP contribution in [0.3, 0.4) is 0 Å². The first kappa shape index (κ1) is 10.7. The van der Waals surface area contributed by atoms with Crippen LogP contribution in [-0.2, 0) is 0 Å². The van der Waals surface area contributed by atoms with Gasteiger partial charge < -0.3 is 0 Å². The fourth-order valence-corrected chi connectivity index (χ4v) is 1.65. The Morgan fingerprint density at radius 1 is 1.40 bits per heavy atom. The molecule has 0 aliphatic carbocycles. The van der Waals surface area contributed by atoms with Crippen LogP contribution in [0, 0.1) is 5.92 Å². The lowest BCUT2D eigenvalue weighted by Gasteiger charge is -2.19. The van der Waals surface area contributed by atoms with Crippen molar-refractivity contribution in [1.29, 1.82) is 0 Å². The van der Waals surface area contributed by atoms with Gasteiger partial charge in [0.2, 0.25) is 0 Å². The van der Waals surface area contributed by atoms with Crippen molar-refractivity contribution in [2.24, 2.45) is 5.92 Å². The molecule has 0 aliphatic heterocycles. The van der Waals surface area contributed by atoms with Gasteiger partial charge in [0, 0.05) is 4.75 Å². The predicted molar refractivity (Wildman–Crippen MR) is 55.2 cm³/mol. The minimum Gasteiger partial charge on any atom is -0.179 e. The molecular formula is C8H18S2. The summed E-state index contributed by atoms with van der Waals surface area (Å²) in [6.07, 6.45) is 0. The zero-order chi connectivity index (χ0) is 8.20. The van der Waals surface area contributed by atoms with E-state index in [0.29, 0.717) is 4.75 Å². The lowest BCUT2D eigenvalue weighted by Crippen LogP contribution is -2.12. The molecule has 0 aliphatic rings. The molecule has 62 valence electrons. The zero-order valence-corrected chi connectivity index (χ0v) is 9.06. The number of hydrogen-bond donors (Lipinski definition) is 1. The van der Waals surface area contributed by atoms with Gasteiger partial charge in [-0.1, -0.05) is 27.7 Å². The quantitative estimate of drug-likeness (QED) is 0.648. The highest BCUT2D eigenvalue weighted by molar-refractivity contribution is 8.00. The summed E-state index contributed by atoms with van der Waals surface area (Å²) in [7, 11) is 0. The summed E-state index contributed by atoms with van der Waals surface area (Å²) >= 11 is 6.25. The highest BCUT2D eigenvalue weighted by atomic mass is 32.2. The molecule has 0 nitrogen and oxygen atoms in total. The molecule has 0 fully saturated rings. The molecule has 0 saturated carbocycles. The monoisotopic (exact) mass is 178 g/mol. The van der Waals surface area contributed by atoms with Crippen LogP contribution in [0.2, 0.25) is 0 Å². The summed E-state index contributed by atoms with van der Waals surface area (Å²) in [5.74, 6) is 2.98. The second-order valence-corrected chi connectivity index (χ2v) is 5.92. The minimum atomic E-state index is 0.414. The molecule has 10 heavy (non-hydrogen) atoms. The van der Waals surface area contributed by atoms with Gasteiger partial charge in [-0.15, -0.1) is 0 Å². The molecule has 2 heteroatoms. The minimum absolute atomic E-state index is 0.414. The Kier molecular flexibility index (Phi) is 4.87. The average molecular weight is 178 g/mol.